The number of amides is 1. The van der Waals surface area contributed by atoms with Crippen molar-refractivity contribution in [2.24, 2.45) is 5.73 Å². The third-order valence-corrected chi connectivity index (χ3v) is 2.08. The van der Waals surface area contributed by atoms with Crippen molar-refractivity contribution < 1.29 is 10.3 Å². The molecule has 0 heterocycles. The quantitative estimate of drug-likeness (QED) is 0.772. The summed E-state index contributed by atoms with van der Waals surface area (Å²) in [6, 6.07) is 7.22. The summed E-state index contributed by atoms with van der Waals surface area (Å²) >= 11 is 2.07. The van der Waals surface area contributed by atoms with E-state index in [0.29, 0.717) is 5.56 Å². The Bertz CT molecular complexity index is 267. The van der Waals surface area contributed by atoms with Gasteiger partial charge >= 0.3 is 0 Å². The molecule has 0 aliphatic heterocycles. The van der Waals surface area contributed by atoms with Gasteiger partial charge in [0.1, 0.15) is 0 Å². The summed E-state index contributed by atoms with van der Waals surface area (Å²) in [4.78, 5) is 10.6. The van der Waals surface area contributed by atoms with Crippen molar-refractivity contribution in [2.45, 2.75) is 0 Å². The molecule has 0 unspecified atom stereocenters. The molecule has 3 nitrogen and oxygen atoms in total. The summed E-state index contributed by atoms with van der Waals surface area (Å²) in [6.07, 6.45) is 0. The summed E-state index contributed by atoms with van der Waals surface area (Å²) in [5, 5.41) is 0. The Hall–Kier alpha value is -0.330. The largest absolute Gasteiger partial charge is 0.412 e. The Morgan fingerprint density at radius 2 is 1.83 bits per heavy atom. The zero-order valence-electron chi connectivity index (χ0n) is 6.08. The number of hydrogen-bond donors (Lipinski definition) is 1. The molecule has 12 heavy (non-hydrogen) atoms. The van der Waals surface area contributed by atoms with Crippen molar-refractivity contribution in [2.75, 3.05) is 0 Å². The van der Waals surface area contributed by atoms with Crippen LogP contribution in [0.25, 0.3) is 0 Å². The predicted molar refractivity (Wildman–Crippen MR) is 58.5 cm³/mol. The molecule has 4 N–H and O–H groups in total. The Morgan fingerprint density at radius 1 is 1.33 bits per heavy atom. The average molecular weight is 302 g/mol. The van der Waals surface area contributed by atoms with Crippen LogP contribution in [0.5, 0.6) is 0 Å². The van der Waals surface area contributed by atoms with Crippen LogP contribution in [-0.4, -0.2) is 11.4 Å². The summed E-state index contributed by atoms with van der Waals surface area (Å²) < 4.78 is 0.896. The van der Waals surface area contributed by atoms with Crippen molar-refractivity contribution in [1.82, 2.24) is 0 Å². The summed E-state index contributed by atoms with van der Waals surface area (Å²) in [5.74, 6) is -0.370. The number of rotatable bonds is 1. The molecule has 0 fully saturated rings. The van der Waals surface area contributed by atoms with Crippen molar-refractivity contribution in [1.29, 1.82) is 0 Å². The highest BCUT2D eigenvalue weighted by Crippen LogP contribution is 2.09. The molecule has 0 spiro atoms. The molecule has 0 aliphatic rings. The molecule has 1 aromatic rings. The molecule has 0 saturated heterocycles. The fourth-order valence-corrected chi connectivity index (χ4v) is 1.31. The Kier molecular flexibility index (Phi) is 7.36. The van der Waals surface area contributed by atoms with Gasteiger partial charge in [-0.2, -0.15) is 0 Å². The number of nitrogens with two attached hydrogens (primary N) is 1. The fourth-order valence-electron chi connectivity index (χ4n) is 0.661. The molecule has 0 saturated carbocycles. The Morgan fingerprint density at radius 3 is 2.17 bits per heavy atom. The van der Waals surface area contributed by atoms with Crippen molar-refractivity contribution >= 4 is 40.9 Å². The van der Waals surface area contributed by atoms with Crippen LogP contribution in [-0.2, 0) is 0 Å². The molecule has 0 radical (unpaired) electrons. The van der Waals surface area contributed by atoms with E-state index < -0.39 is 0 Å². The van der Waals surface area contributed by atoms with E-state index in [2.05, 4.69) is 22.6 Å². The second-order valence-electron chi connectivity index (χ2n) is 1.84. The van der Waals surface area contributed by atoms with E-state index in [1.54, 1.807) is 12.1 Å². The van der Waals surface area contributed by atoms with Gasteiger partial charge in [-0.15, -0.1) is 12.4 Å². The second-order valence-corrected chi connectivity index (χ2v) is 3.01. The van der Waals surface area contributed by atoms with Crippen molar-refractivity contribution in [3.8, 4) is 0 Å². The predicted octanol–water partition coefficient (Wildman–Crippen LogP) is 0.987. The van der Waals surface area contributed by atoms with Gasteiger partial charge in [0.05, 0.1) is 5.56 Å². The van der Waals surface area contributed by atoms with Crippen LogP contribution in [0.15, 0.2) is 24.3 Å². The first kappa shape index (κ1) is 14.2. The molecule has 68 valence electrons. The summed E-state index contributed by atoms with van der Waals surface area (Å²) in [5.41, 5.74) is 5.66. The smallest absolute Gasteiger partial charge is 0.249 e. The van der Waals surface area contributed by atoms with Gasteiger partial charge in [-0.1, -0.05) is 12.1 Å². The zero-order chi connectivity index (χ0) is 7.56. The van der Waals surface area contributed by atoms with Gasteiger partial charge < -0.3 is 11.2 Å². The highest BCUT2D eigenvalue weighted by Gasteiger charge is 2.01. The van der Waals surface area contributed by atoms with Crippen LogP contribution < -0.4 is 5.73 Å². The fraction of sp³-hybridized carbons (Fsp3) is 0. The Labute approximate surface area is 90.2 Å². The van der Waals surface area contributed by atoms with Gasteiger partial charge in [0.15, 0.2) is 0 Å². The molecule has 5 heteroatoms. The maximum absolute atomic E-state index is 10.6. The van der Waals surface area contributed by atoms with E-state index in [0.717, 1.165) is 3.57 Å². The minimum atomic E-state index is -0.370. The molecular weight excluding hydrogens is 292 g/mol. The summed E-state index contributed by atoms with van der Waals surface area (Å²) in [6.45, 7) is 0. The van der Waals surface area contributed by atoms with E-state index in [9.17, 15) is 4.79 Å². The van der Waals surface area contributed by atoms with Gasteiger partial charge in [0.25, 0.3) is 0 Å². The van der Waals surface area contributed by atoms with Crippen molar-refractivity contribution in [3.05, 3.63) is 33.4 Å². The summed E-state index contributed by atoms with van der Waals surface area (Å²) in [7, 11) is 0. The molecule has 1 amide bonds. The van der Waals surface area contributed by atoms with Crippen LogP contribution in [0.3, 0.4) is 0 Å². The molecule has 0 atom stereocenters. The van der Waals surface area contributed by atoms with Crippen LogP contribution in [0.2, 0.25) is 0 Å². The van der Waals surface area contributed by atoms with Crippen LogP contribution >= 0.6 is 35.0 Å². The lowest BCUT2D eigenvalue weighted by atomic mass is 10.2. The van der Waals surface area contributed by atoms with E-state index in [1.165, 1.54) is 0 Å². The minimum absolute atomic E-state index is 0. The molecular formula is C7H9ClINO2. The highest BCUT2D eigenvalue weighted by atomic mass is 127. The molecule has 0 bridgehead atoms. The number of primary amides is 1. The van der Waals surface area contributed by atoms with Crippen LogP contribution in [0.4, 0.5) is 0 Å². The second kappa shape index (κ2) is 6.22. The third kappa shape index (κ3) is 3.38. The van der Waals surface area contributed by atoms with Gasteiger partial charge in [0, 0.05) is 3.57 Å². The van der Waals surface area contributed by atoms with Gasteiger partial charge in [-0.25, -0.2) is 0 Å². The number of halogens is 2. The van der Waals surface area contributed by atoms with Crippen LogP contribution in [0, 0.1) is 3.57 Å². The topological polar surface area (TPSA) is 74.6 Å². The maximum atomic E-state index is 10.6. The molecule has 1 rings (SSSR count). The first-order valence-electron chi connectivity index (χ1n) is 2.76. The third-order valence-electron chi connectivity index (χ3n) is 1.14. The standard InChI is InChI=1S/C7H6INO.ClH.H2O/c8-6-4-2-1-3-5(6)7(9)10;;/h1-4H,(H2,9,10);1H;1H2. The normalized spacial score (nSPS) is 7.75. The first-order chi connectivity index (χ1) is 4.72. The lowest BCUT2D eigenvalue weighted by Crippen LogP contribution is -2.12. The van der Waals surface area contributed by atoms with Crippen LogP contribution in [0.1, 0.15) is 10.4 Å². The zero-order valence-corrected chi connectivity index (χ0v) is 9.06. The van der Waals surface area contributed by atoms with Crippen molar-refractivity contribution in [3.63, 3.8) is 0 Å². The maximum Gasteiger partial charge on any atom is 0.249 e. The average Bonchev–Trinajstić information content (AvgIpc) is 1.88. The number of hydrogen-bond acceptors (Lipinski definition) is 1. The molecule has 0 aromatic heterocycles. The minimum Gasteiger partial charge on any atom is -0.412 e. The lowest BCUT2D eigenvalue weighted by molar-refractivity contribution is 0.0999. The highest BCUT2D eigenvalue weighted by molar-refractivity contribution is 14.1. The van der Waals surface area contributed by atoms with Gasteiger partial charge in [-0.3, -0.25) is 4.79 Å². The number of carbonyl (C=O) groups excluding carboxylic acids is 1. The van der Waals surface area contributed by atoms with E-state index in [4.69, 9.17) is 5.73 Å². The Balaban J connectivity index is 0. The SMILES string of the molecule is Cl.NC(=O)c1ccccc1I.O. The van der Waals surface area contributed by atoms with E-state index >= 15 is 0 Å². The molecule has 1 aromatic carbocycles. The monoisotopic (exact) mass is 301 g/mol. The van der Waals surface area contributed by atoms with E-state index in [-0.39, 0.29) is 23.8 Å². The van der Waals surface area contributed by atoms with Gasteiger partial charge in [-0.05, 0) is 34.7 Å². The van der Waals surface area contributed by atoms with E-state index in [1.807, 2.05) is 12.1 Å². The first-order valence-corrected chi connectivity index (χ1v) is 3.84. The number of carbonyl (C=O) groups is 1. The molecule has 0 aliphatic carbocycles. The lowest BCUT2D eigenvalue weighted by Gasteiger charge is -1.95. The number of benzene rings is 1. The van der Waals surface area contributed by atoms with Gasteiger partial charge in [0.2, 0.25) is 5.91 Å².